The monoisotopic (exact) mass is 648 g/mol. The summed E-state index contributed by atoms with van der Waals surface area (Å²) in [4.78, 5) is 72.6. The van der Waals surface area contributed by atoms with Crippen molar-refractivity contribution >= 4 is 35.9 Å². The van der Waals surface area contributed by atoms with E-state index in [0.717, 1.165) is 27.7 Å². The number of hydrogen-bond acceptors (Lipinski definition) is 16. The average Bonchev–Trinajstić information content (AvgIpc) is 3.24. The minimum atomic E-state index is -1.51. The molecule has 18 nitrogen and oxygen atoms in total. The number of carbonyl (C=O) groups excluding carboxylic acids is 6. The molecule has 0 aromatic heterocycles. The zero-order valence-corrected chi connectivity index (χ0v) is 26.2. The van der Waals surface area contributed by atoms with Gasteiger partial charge in [-0.2, -0.15) is 0 Å². The maximum absolute atomic E-state index is 13.2. The number of urea groups is 1. The first-order valence-corrected chi connectivity index (χ1v) is 14.1. The zero-order valence-electron chi connectivity index (χ0n) is 26.2. The molecule has 10 atom stereocenters. The fourth-order valence-electron chi connectivity index (χ4n) is 5.23. The third kappa shape index (κ3) is 9.70. The summed E-state index contributed by atoms with van der Waals surface area (Å²) in [6.07, 6.45) is -11.6. The van der Waals surface area contributed by atoms with Crippen molar-refractivity contribution in [2.24, 2.45) is 0 Å². The molecule has 0 aliphatic carbocycles. The summed E-state index contributed by atoms with van der Waals surface area (Å²) >= 11 is 0. The first-order valence-electron chi connectivity index (χ1n) is 14.1. The Labute approximate surface area is 258 Å². The highest BCUT2D eigenvalue weighted by Crippen LogP contribution is 2.39. The predicted octanol–water partition coefficient (Wildman–Crippen LogP) is -0.808. The van der Waals surface area contributed by atoms with Crippen LogP contribution in [0.1, 0.15) is 48.5 Å². The molecule has 45 heavy (non-hydrogen) atoms. The molecule has 2 amide bonds. The molecule has 0 spiro atoms. The van der Waals surface area contributed by atoms with Crippen molar-refractivity contribution in [1.29, 1.82) is 0 Å². The molecular formula is C27H40N2O16. The Kier molecular flexibility index (Phi) is 12.1. The van der Waals surface area contributed by atoms with Crippen molar-refractivity contribution in [3.63, 3.8) is 0 Å². The Morgan fingerprint density at radius 2 is 1.20 bits per heavy atom. The van der Waals surface area contributed by atoms with E-state index in [1.54, 1.807) is 13.8 Å². The van der Waals surface area contributed by atoms with E-state index in [4.69, 9.17) is 47.4 Å². The summed E-state index contributed by atoms with van der Waals surface area (Å²) in [7, 11) is 1.39. The third-order valence-electron chi connectivity index (χ3n) is 6.69. The van der Waals surface area contributed by atoms with Crippen LogP contribution in [0.3, 0.4) is 0 Å². The minimum Gasteiger partial charge on any atom is -0.463 e. The van der Waals surface area contributed by atoms with Crippen LogP contribution in [-0.4, -0.2) is 123 Å². The molecule has 0 aromatic carbocycles. The number of fused-ring (bicyclic) bond motifs is 1. The van der Waals surface area contributed by atoms with Gasteiger partial charge in [-0.05, 0) is 13.8 Å². The van der Waals surface area contributed by atoms with Gasteiger partial charge in [-0.15, -0.1) is 0 Å². The van der Waals surface area contributed by atoms with Gasteiger partial charge in [-0.1, -0.05) is 0 Å². The van der Waals surface area contributed by atoms with Crippen LogP contribution in [0.5, 0.6) is 0 Å². The predicted molar refractivity (Wildman–Crippen MR) is 144 cm³/mol. The van der Waals surface area contributed by atoms with E-state index in [0.29, 0.717) is 0 Å². The van der Waals surface area contributed by atoms with Gasteiger partial charge in [0.25, 0.3) is 0 Å². The van der Waals surface area contributed by atoms with Crippen molar-refractivity contribution in [1.82, 2.24) is 10.6 Å². The maximum Gasteiger partial charge on any atom is 0.317 e. The van der Waals surface area contributed by atoms with Crippen LogP contribution in [0, 0.1) is 0 Å². The molecule has 3 saturated heterocycles. The van der Waals surface area contributed by atoms with Crippen molar-refractivity contribution in [3.05, 3.63) is 0 Å². The van der Waals surface area contributed by atoms with Gasteiger partial charge in [0.15, 0.2) is 42.7 Å². The normalized spacial score (nSPS) is 33.5. The number of ether oxygens (including phenoxy) is 10. The highest BCUT2D eigenvalue weighted by molar-refractivity contribution is 5.74. The second-order valence-electron chi connectivity index (χ2n) is 10.9. The van der Waals surface area contributed by atoms with Gasteiger partial charge >= 0.3 is 35.9 Å². The van der Waals surface area contributed by atoms with E-state index in [1.165, 1.54) is 14.0 Å². The quantitative estimate of drug-likeness (QED) is 0.219. The molecule has 4 unspecified atom stereocenters. The van der Waals surface area contributed by atoms with E-state index < -0.39 is 110 Å². The van der Waals surface area contributed by atoms with Gasteiger partial charge in [-0.25, -0.2) is 4.79 Å². The molecule has 3 heterocycles. The largest absolute Gasteiger partial charge is 0.463 e. The second-order valence-corrected chi connectivity index (χ2v) is 10.9. The number of hydrogen-bond donors (Lipinski definition) is 2. The summed E-state index contributed by atoms with van der Waals surface area (Å²) in [5.74, 6) is -4.83. The number of carbonyl (C=O) groups is 6. The van der Waals surface area contributed by atoms with Crippen molar-refractivity contribution < 1.29 is 76.1 Å². The van der Waals surface area contributed by atoms with Gasteiger partial charge in [0.1, 0.15) is 31.0 Å². The van der Waals surface area contributed by atoms with Crippen LogP contribution in [0.4, 0.5) is 4.79 Å². The Hall–Kier alpha value is -3.58. The van der Waals surface area contributed by atoms with Crippen molar-refractivity contribution in [3.8, 4) is 0 Å². The average molecular weight is 649 g/mol. The van der Waals surface area contributed by atoms with Crippen LogP contribution >= 0.6 is 0 Å². The molecule has 0 saturated carbocycles. The van der Waals surface area contributed by atoms with Gasteiger partial charge < -0.3 is 58.0 Å². The lowest BCUT2D eigenvalue weighted by atomic mass is 9.97. The summed E-state index contributed by atoms with van der Waals surface area (Å²) in [5.41, 5.74) is 0. The van der Waals surface area contributed by atoms with Crippen molar-refractivity contribution in [2.75, 3.05) is 20.3 Å². The molecule has 3 aliphatic rings. The molecule has 0 radical (unpaired) electrons. The van der Waals surface area contributed by atoms with Gasteiger partial charge in [0.2, 0.25) is 0 Å². The number of amides is 2. The van der Waals surface area contributed by atoms with Gasteiger partial charge in [0, 0.05) is 48.3 Å². The summed E-state index contributed by atoms with van der Waals surface area (Å²) in [6.45, 7) is 8.20. The molecule has 2 N–H and O–H groups in total. The van der Waals surface area contributed by atoms with Crippen LogP contribution in [-0.2, 0) is 71.3 Å². The minimum absolute atomic E-state index is 0.248. The topological polar surface area (TPSA) is 219 Å². The second kappa shape index (κ2) is 15.1. The Morgan fingerprint density at radius 3 is 1.76 bits per heavy atom. The summed E-state index contributed by atoms with van der Waals surface area (Å²) < 4.78 is 55.6. The first kappa shape index (κ1) is 35.9. The highest BCUT2D eigenvalue weighted by atomic mass is 16.8. The Balaban J connectivity index is 1.82. The number of nitrogens with one attached hydrogen (secondary N) is 2. The smallest absolute Gasteiger partial charge is 0.317 e. The standard InChI is InChI=1S/C27H40N2O16/c1-11(30)37-10-17-19(39-13(3)32)20(40-14(4)33)22(41-15(5)34)24(42-17)29-26(35)28-9-16-18(38-12(2)31)21-23(25(36-8)43-16)45-27(6,7)44-21/h16-25H,9-10H2,1-8H3,(H2,28,29,35)/t16?,17?,18-,19+,20-,21+,22?,23?,24+,25-/m0/s1. The molecule has 3 aliphatic heterocycles. The molecule has 3 fully saturated rings. The molecule has 254 valence electrons. The van der Waals surface area contributed by atoms with E-state index >= 15 is 0 Å². The van der Waals surface area contributed by atoms with Crippen LogP contribution in [0.2, 0.25) is 0 Å². The molecule has 0 bridgehead atoms. The highest BCUT2D eigenvalue weighted by Gasteiger charge is 2.57. The van der Waals surface area contributed by atoms with Gasteiger partial charge in [-0.3, -0.25) is 24.0 Å². The SMILES string of the molecule is CO[C@H]1OC(CNC(=O)N[C@@H]2OC(COC(C)=O)[C@@H](OC(C)=O)[C@H](OC(C)=O)C2OC(C)=O)[C@H](OC(C)=O)[C@H]2OC(C)(C)OC12. The Morgan fingerprint density at radius 1 is 0.667 bits per heavy atom. The lowest BCUT2D eigenvalue weighted by Gasteiger charge is -2.44. The number of rotatable bonds is 10. The van der Waals surface area contributed by atoms with E-state index in [-0.39, 0.29) is 6.54 Å². The van der Waals surface area contributed by atoms with Gasteiger partial charge in [0.05, 0.1) is 0 Å². The molecule has 0 aromatic rings. The number of methoxy groups -OCH3 is 1. The zero-order chi connectivity index (χ0) is 33.6. The summed E-state index contributed by atoms with van der Waals surface area (Å²) in [5, 5.41) is 5.05. The summed E-state index contributed by atoms with van der Waals surface area (Å²) in [6, 6.07) is -0.888. The molecular weight excluding hydrogens is 608 g/mol. The van der Waals surface area contributed by atoms with Crippen LogP contribution in [0.15, 0.2) is 0 Å². The van der Waals surface area contributed by atoms with E-state index in [9.17, 15) is 28.8 Å². The van der Waals surface area contributed by atoms with Crippen LogP contribution < -0.4 is 10.6 Å². The van der Waals surface area contributed by atoms with Crippen LogP contribution in [0.25, 0.3) is 0 Å². The molecule has 18 heteroatoms. The maximum atomic E-state index is 13.2. The Bertz CT molecular complexity index is 1130. The number of esters is 5. The first-order chi connectivity index (χ1) is 21.0. The lowest BCUT2D eigenvalue weighted by Crippen LogP contribution is -2.67. The van der Waals surface area contributed by atoms with Crippen molar-refractivity contribution in [2.45, 2.75) is 116 Å². The van der Waals surface area contributed by atoms with E-state index in [1.807, 2.05) is 0 Å². The third-order valence-corrected chi connectivity index (χ3v) is 6.69. The fourth-order valence-corrected chi connectivity index (χ4v) is 5.23. The fraction of sp³-hybridized carbons (Fsp3) is 0.778. The molecule has 3 rings (SSSR count). The van der Waals surface area contributed by atoms with E-state index in [2.05, 4.69) is 10.6 Å². The lowest BCUT2D eigenvalue weighted by molar-refractivity contribution is -0.268.